The Hall–Kier alpha value is -1.13. The minimum atomic E-state index is 0.407. The maximum absolute atomic E-state index is 4.33. The predicted molar refractivity (Wildman–Crippen MR) is 72.1 cm³/mol. The summed E-state index contributed by atoms with van der Waals surface area (Å²) in [6, 6.07) is 4.67. The van der Waals surface area contributed by atoms with Gasteiger partial charge in [0.05, 0.1) is 6.20 Å². The van der Waals surface area contributed by atoms with Gasteiger partial charge >= 0.3 is 0 Å². The van der Waals surface area contributed by atoms with Gasteiger partial charge in [-0.25, -0.2) is 0 Å². The van der Waals surface area contributed by atoms with Gasteiger partial charge in [0.1, 0.15) is 0 Å². The number of nitrogens with one attached hydrogen (secondary N) is 1. The number of aromatic nitrogens is 2. The molecular formula is C13H19N3S. The summed E-state index contributed by atoms with van der Waals surface area (Å²) in [6.45, 7) is 6.24. The van der Waals surface area contributed by atoms with Gasteiger partial charge in [-0.15, -0.1) is 11.3 Å². The quantitative estimate of drug-likeness (QED) is 0.852. The highest BCUT2D eigenvalue weighted by molar-refractivity contribution is 7.10. The van der Waals surface area contributed by atoms with Crippen LogP contribution in [-0.2, 0) is 13.1 Å². The molecule has 1 N–H and O–H groups in total. The van der Waals surface area contributed by atoms with Gasteiger partial charge in [-0.05, 0) is 24.8 Å². The van der Waals surface area contributed by atoms with Crippen LogP contribution in [-0.4, -0.2) is 9.78 Å². The second-order valence-corrected chi connectivity index (χ2v) is 5.21. The third kappa shape index (κ3) is 3.41. The molecule has 1 atom stereocenters. The van der Waals surface area contributed by atoms with E-state index in [4.69, 9.17) is 0 Å². The van der Waals surface area contributed by atoms with Crippen LogP contribution >= 0.6 is 11.3 Å². The number of hydrogen-bond donors (Lipinski definition) is 1. The summed E-state index contributed by atoms with van der Waals surface area (Å²) in [6.07, 6.45) is 5.20. The maximum Gasteiger partial charge on any atom is 0.0534 e. The molecule has 0 aliphatic heterocycles. The van der Waals surface area contributed by atoms with Crippen LogP contribution in [0.5, 0.6) is 0 Å². The summed E-state index contributed by atoms with van der Waals surface area (Å²) in [4.78, 5) is 1.38. The average Bonchev–Trinajstić information content (AvgIpc) is 2.97. The van der Waals surface area contributed by atoms with Gasteiger partial charge in [-0.3, -0.25) is 4.68 Å². The first-order chi connectivity index (χ1) is 8.29. The summed E-state index contributed by atoms with van der Waals surface area (Å²) in [5.74, 6) is 0. The largest absolute Gasteiger partial charge is 0.305 e. The third-order valence-electron chi connectivity index (χ3n) is 2.72. The molecule has 0 amide bonds. The first-order valence-electron chi connectivity index (χ1n) is 6.07. The van der Waals surface area contributed by atoms with Crippen molar-refractivity contribution in [2.75, 3.05) is 0 Å². The van der Waals surface area contributed by atoms with Crippen molar-refractivity contribution in [2.45, 2.75) is 39.4 Å². The molecule has 3 nitrogen and oxygen atoms in total. The third-order valence-corrected chi connectivity index (χ3v) is 3.78. The van der Waals surface area contributed by atoms with Crippen LogP contribution in [0.3, 0.4) is 0 Å². The second-order valence-electron chi connectivity index (χ2n) is 4.23. The number of rotatable bonds is 6. The molecule has 0 fully saturated rings. The molecule has 2 aromatic rings. The van der Waals surface area contributed by atoms with E-state index >= 15 is 0 Å². The van der Waals surface area contributed by atoms with Gasteiger partial charge in [0.2, 0.25) is 0 Å². The highest BCUT2D eigenvalue weighted by atomic mass is 32.1. The van der Waals surface area contributed by atoms with E-state index in [1.54, 1.807) is 11.3 Å². The zero-order valence-corrected chi connectivity index (χ0v) is 11.2. The number of nitrogens with zero attached hydrogens (tertiary/aromatic N) is 2. The molecule has 4 heteroatoms. The Morgan fingerprint density at radius 1 is 1.53 bits per heavy atom. The molecule has 17 heavy (non-hydrogen) atoms. The van der Waals surface area contributed by atoms with Crippen molar-refractivity contribution in [1.82, 2.24) is 15.1 Å². The van der Waals surface area contributed by atoms with Crippen molar-refractivity contribution in [1.29, 1.82) is 0 Å². The fourth-order valence-corrected chi connectivity index (χ4v) is 2.52. The van der Waals surface area contributed by atoms with Gasteiger partial charge in [0.25, 0.3) is 0 Å². The van der Waals surface area contributed by atoms with Crippen molar-refractivity contribution in [3.63, 3.8) is 0 Å². The number of hydrogen-bond acceptors (Lipinski definition) is 3. The van der Waals surface area contributed by atoms with Crippen LogP contribution < -0.4 is 5.32 Å². The van der Waals surface area contributed by atoms with E-state index < -0.39 is 0 Å². The van der Waals surface area contributed by atoms with E-state index in [-0.39, 0.29) is 0 Å². The van der Waals surface area contributed by atoms with E-state index in [1.165, 1.54) is 10.4 Å². The smallest absolute Gasteiger partial charge is 0.0534 e. The van der Waals surface area contributed by atoms with E-state index in [0.29, 0.717) is 6.04 Å². The molecule has 0 aromatic carbocycles. The van der Waals surface area contributed by atoms with Crippen LogP contribution in [0.4, 0.5) is 0 Å². The van der Waals surface area contributed by atoms with Crippen LogP contribution in [0.1, 0.15) is 36.8 Å². The van der Waals surface area contributed by atoms with Crippen molar-refractivity contribution in [3.8, 4) is 0 Å². The molecule has 0 saturated heterocycles. The lowest BCUT2D eigenvalue weighted by Crippen LogP contribution is -2.16. The van der Waals surface area contributed by atoms with Gasteiger partial charge < -0.3 is 5.32 Å². The second kappa shape index (κ2) is 5.98. The van der Waals surface area contributed by atoms with Gasteiger partial charge in [0, 0.05) is 35.8 Å². The lowest BCUT2D eigenvalue weighted by Gasteiger charge is -2.10. The molecule has 92 valence electrons. The Morgan fingerprint density at radius 2 is 2.41 bits per heavy atom. The molecule has 0 radical (unpaired) electrons. The lowest BCUT2D eigenvalue weighted by atomic mass is 10.2. The first kappa shape index (κ1) is 12.3. The van der Waals surface area contributed by atoms with E-state index in [9.17, 15) is 0 Å². The standard InChI is InChI=1S/C13H19N3S/c1-3-6-16-10-12(9-15-16)8-14-11(2)13-5-4-7-17-13/h4-5,7,9-11,14H,3,6,8H2,1-2H3/t11-/m1/s1. The Morgan fingerprint density at radius 3 is 3.12 bits per heavy atom. The predicted octanol–water partition coefficient (Wildman–Crippen LogP) is 3.21. The first-order valence-corrected chi connectivity index (χ1v) is 6.95. The number of aryl methyl sites for hydroxylation is 1. The maximum atomic E-state index is 4.33. The van der Waals surface area contributed by atoms with Gasteiger partial charge in [0.15, 0.2) is 0 Å². The van der Waals surface area contributed by atoms with E-state index in [2.05, 4.69) is 48.0 Å². The van der Waals surface area contributed by atoms with Crippen molar-refractivity contribution in [2.24, 2.45) is 0 Å². The Bertz CT molecular complexity index is 433. The van der Waals surface area contributed by atoms with Gasteiger partial charge in [-0.1, -0.05) is 13.0 Å². The highest BCUT2D eigenvalue weighted by Gasteiger charge is 2.06. The van der Waals surface area contributed by atoms with Gasteiger partial charge in [-0.2, -0.15) is 5.10 Å². The topological polar surface area (TPSA) is 29.9 Å². The molecule has 2 rings (SSSR count). The molecular weight excluding hydrogens is 230 g/mol. The van der Waals surface area contributed by atoms with Crippen LogP contribution in [0.15, 0.2) is 29.9 Å². The Labute approximate surface area is 106 Å². The molecule has 0 aliphatic carbocycles. The highest BCUT2D eigenvalue weighted by Crippen LogP contribution is 2.18. The fourth-order valence-electron chi connectivity index (χ4n) is 1.76. The molecule has 0 saturated carbocycles. The Balaban J connectivity index is 1.84. The molecule has 2 aromatic heterocycles. The number of thiophene rings is 1. The average molecular weight is 249 g/mol. The zero-order chi connectivity index (χ0) is 12.1. The summed E-state index contributed by atoms with van der Waals surface area (Å²) >= 11 is 1.80. The fraction of sp³-hybridized carbons (Fsp3) is 0.462. The summed E-state index contributed by atoms with van der Waals surface area (Å²) in [5, 5.41) is 9.96. The molecule has 0 spiro atoms. The van der Waals surface area contributed by atoms with Crippen molar-refractivity contribution < 1.29 is 0 Å². The lowest BCUT2D eigenvalue weighted by molar-refractivity contribution is 0.579. The molecule has 2 heterocycles. The minimum Gasteiger partial charge on any atom is -0.305 e. The van der Waals surface area contributed by atoms with Crippen LogP contribution in [0.2, 0.25) is 0 Å². The molecule has 0 unspecified atom stereocenters. The summed E-state index contributed by atoms with van der Waals surface area (Å²) < 4.78 is 2.01. The monoisotopic (exact) mass is 249 g/mol. The molecule has 0 bridgehead atoms. The normalized spacial score (nSPS) is 12.8. The van der Waals surface area contributed by atoms with Crippen LogP contribution in [0.25, 0.3) is 0 Å². The minimum absolute atomic E-state index is 0.407. The summed E-state index contributed by atoms with van der Waals surface area (Å²) in [5.41, 5.74) is 1.25. The Kier molecular flexibility index (Phi) is 4.34. The summed E-state index contributed by atoms with van der Waals surface area (Å²) in [7, 11) is 0. The SMILES string of the molecule is CCCn1cc(CN[C@H](C)c2cccs2)cn1. The van der Waals surface area contributed by atoms with E-state index in [0.717, 1.165) is 19.5 Å². The van der Waals surface area contributed by atoms with Crippen LogP contribution in [0, 0.1) is 0 Å². The van der Waals surface area contributed by atoms with Crippen molar-refractivity contribution >= 4 is 11.3 Å². The van der Waals surface area contributed by atoms with E-state index in [1.807, 2.05) is 10.9 Å². The van der Waals surface area contributed by atoms with Crippen molar-refractivity contribution in [3.05, 3.63) is 40.3 Å². The molecule has 0 aliphatic rings. The zero-order valence-electron chi connectivity index (χ0n) is 10.4.